The highest BCUT2D eigenvalue weighted by atomic mass is 32.2. The highest BCUT2D eigenvalue weighted by Gasteiger charge is 2.13. The van der Waals surface area contributed by atoms with Crippen molar-refractivity contribution in [3.05, 3.63) is 59.0 Å². The minimum absolute atomic E-state index is 0.201. The molecule has 27 heavy (non-hydrogen) atoms. The van der Waals surface area contributed by atoms with E-state index in [1.165, 1.54) is 11.1 Å². The van der Waals surface area contributed by atoms with Crippen molar-refractivity contribution in [2.24, 2.45) is 0 Å². The Morgan fingerprint density at radius 3 is 2.33 bits per heavy atom. The lowest BCUT2D eigenvalue weighted by Crippen LogP contribution is -2.43. The first-order valence-corrected chi connectivity index (χ1v) is 10.3. The number of furan rings is 1. The molecule has 1 N–H and O–H groups in total. The molecule has 0 amide bonds. The fourth-order valence-electron chi connectivity index (χ4n) is 3.10. The zero-order chi connectivity index (χ0) is 19.1. The molecule has 148 valence electrons. The number of nitrogens with one attached hydrogen (secondary N) is 1. The molecule has 1 aromatic heterocycles. The lowest BCUT2D eigenvalue weighted by molar-refractivity contribution is 0.148. The van der Waals surface area contributed by atoms with Crippen LogP contribution in [0.4, 0.5) is 8.78 Å². The Kier molecular flexibility index (Phi) is 7.70. The Labute approximate surface area is 163 Å². The highest BCUT2D eigenvalue weighted by Crippen LogP contribution is 2.21. The van der Waals surface area contributed by atoms with Gasteiger partial charge in [-0.3, -0.25) is 4.90 Å². The molecule has 2 aromatic rings. The molecule has 1 fully saturated rings. The summed E-state index contributed by atoms with van der Waals surface area (Å²) in [5.41, 5.74) is 2.56. The lowest BCUT2D eigenvalue weighted by atomic mass is 10.1. The molecule has 0 saturated carbocycles. The molecule has 1 saturated heterocycles. The zero-order valence-electron chi connectivity index (χ0n) is 15.7. The Balaban J connectivity index is 1.38. The Morgan fingerprint density at radius 1 is 0.963 bits per heavy atom. The van der Waals surface area contributed by atoms with Crippen molar-refractivity contribution in [3.8, 4) is 0 Å². The van der Waals surface area contributed by atoms with Crippen LogP contribution in [0.2, 0.25) is 0 Å². The van der Waals surface area contributed by atoms with Gasteiger partial charge >= 0.3 is 0 Å². The van der Waals surface area contributed by atoms with Crippen LogP contribution in [0, 0.1) is 0 Å². The van der Waals surface area contributed by atoms with Gasteiger partial charge in [-0.05, 0) is 30.3 Å². The first-order chi connectivity index (χ1) is 13.1. The molecule has 4 nitrogen and oxygen atoms in total. The molecule has 0 spiro atoms. The van der Waals surface area contributed by atoms with Crippen molar-refractivity contribution < 1.29 is 13.2 Å². The van der Waals surface area contributed by atoms with Crippen LogP contribution in [0.15, 0.2) is 40.8 Å². The molecule has 3 rings (SSSR count). The third kappa shape index (κ3) is 6.92. The van der Waals surface area contributed by atoms with Crippen molar-refractivity contribution in [2.75, 3.05) is 33.2 Å². The van der Waals surface area contributed by atoms with Crippen LogP contribution < -0.4 is 5.32 Å². The third-order valence-corrected chi connectivity index (χ3v) is 5.43. The van der Waals surface area contributed by atoms with Crippen LogP contribution in [0.1, 0.15) is 22.6 Å². The Bertz CT molecular complexity index is 685. The molecule has 1 aliphatic rings. The van der Waals surface area contributed by atoms with E-state index >= 15 is 0 Å². The van der Waals surface area contributed by atoms with Gasteiger partial charge < -0.3 is 14.6 Å². The summed E-state index contributed by atoms with van der Waals surface area (Å²) < 4.78 is 30.0. The number of hydrogen-bond acceptors (Lipinski definition) is 5. The van der Waals surface area contributed by atoms with E-state index in [0.717, 1.165) is 45.0 Å². The molecule has 1 aliphatic heterocycles. The fraction of sp³-hybridized carbons (Fsp3) is 0.500. The number of hydrogen-bond donors (Lipinski definition) is 1. The SMILES string of the molecule is CN1CCN(Cc2ccc(CNCc3ccc(CSC(F)F)o3)cc2)CC1. The number of likely N-dealkylation sites (N-methyl/N-ethyl adjacent to an activating group) is 1. The topological polar surface area (TPSA) is 31.6 Å². The summed E-state index contributed by atoms with van der Waals surface area (Å²) in [6, 6.07) is 12.3. The lowest BCUT2D eigenvalue weighted by Gasteiger charge is -2.32. The van der Waals surface area contributed by atoms with Crippen molar-refractivity contribution >= 4 is 11.8 Å². The molecule has 0 radical (unpaired) electrons. The van der Waals surface area contributed by atoms with Crippen LogP contribution in [0.5, 0.6) is 0 Å². The van der Waals surface area contributed by atoms with Crippen molar-refractivity contribution in [1.29, 1.82) is 0 Å². The second-order valence-corrected chi connectivity index (χ2v) is 7.92. The monoisotopic (exact) mass is 395 g/mol. The molecule has 7 heteroatoms. The van der Waals surface area contributed by atoms with Crippen molar-refractivity contribution in [2.45, 2.75) is 31.1 Å². The maximum atomic E-state index is 12.2. The molecule has 0 unspecified atom stereocenters. The largest absolute Gasteiger partial charge is 0.464 e. The Morgan fingerprint density at radius 2 is 1.63 bits per heavy atom. The van der Waals surface area contributed by atoms with Gasteiger partial charge in [-0.25, -0.2) is 0 Å². The molecular weight excluding hydrogens is 368 g/mol. The molecule has 0 bridgehead atoms. The van der Waals surface area contributed by atoms with Crippen LogP contribution in [0.3, 0.4) is 0 Å². The maximum Gasteiger partial charge on any atom is 0.284 e. The molecule has 1 aromatic carbocycles. The van der Waals surface area contributed by atoms with Gasteiger partial charge in [-0.1, -0.05) is 36.0 Å². The second kappa shape index (κ2) is 10.2. The molecule has 0 atom stereocenters. The summed E-state index contributed by atoms with van der Waals surface area (Å²) in [6.07, 6.45) is 0. The average Bonchev–Trinajstić information content (AvgIpc) is 3.11. The van der Waals surface area contributed by atoms with Crippen LogP contribution in [-0.4, -0.2) is 48.8 Å². The Hall–Kier alpha value is -1.41. The van der Waals surface area contributed by atoms with Gasteiger partial charge in [0, 0.05) is 39.3 Å². The van der Waals surface area contributed by atoms with E-state index in [0.29, 0.717) is 24.1 Å². The number of thioether (sulfide) groups is 1. The van der Waals surface area contributed by atoms with E-state index < -0.39 is 5.76 Å². The van der Waals surface area contributed by atoms with Crippen LogP contribution in [-0.2, 0) is 25.4 Å². The second-order valence-electron chi connectivity index (χ2n) is 6.94. The van der Waals surface area contributed by atoms with Crippen molar-refractivity contribution in [3.63, 3.8) is 0 Å². The van der Waals surface area contributed by atoms with E-state index in [1.54, 1.807) is 6.07 Å². The normalized spacial score (nSPS) is 16.3. The van der Waals surface area contributed by atoms with Gasteiger partial charge in [0.15, 0.2) is 0 Å². The average molecular weight is 396 g/mol. The van der Waals surface area contributed by atoms with Gasteiger partial charge in [0.05, 0.1) is 12.3 Å². The maximum absolute atomic E-state index is 12.2. The summed E-state index contributed by atoms with van der Waals surface area (Å²) in [4.78, 5) is 4.86. The van der Waals surface area contributed by atoms with E-state index in [1.807, 2.05) is 6.07 Å². The fourth-order valence-corrected chi connectivity index (χ4v) is 3.54. The number of halogens is 2. The third-order valence-electron chi connectivity index (χ3n) is 4.72. The van der Waals surface area contributed by atoms with Crippen LogP contribution >= 0.6 is 11.8 Å². The minimum atomic E-state index is -2.36. The molecular formula is C20H27F2N3OS. The summed E-state index contributed by atoms with van der Waals surface area (Å²) in [6.45, 7) is 6.86. The predicted octanol–water partition coefficient (Wildman–Crippen LogP) is 3.77. The smallest absolute Gasteiger partial charge is 0.284 e. The van der Waals surface area contributed by atoms with Gasteiger partial charge in [0.1, 0.15) is 11.5 Å². The van der Waals surface area contributed by atoms with E-state index in [4.69, 9.17) is 4.42 Å². The number of nitrogens with zero attached hydrogens (tertiary/aromatic N) is 2. The summed E-state index contributed by atoms with van der Waals surface area (Å²) in [5, 5.41) is 3.34. The first kappa shape index (κ1) is 20.3. The van der Waals surface area contributed by atoms with Gasteiger partial charge in [0.2, 0.25) is 0 Å². The van der Waals surface area contributed by atoms with Crippen molar-refractivity contribution in [1.82, 2.24) is 15.1 Å². The number of rotatable bonds is 9. The van der Waals surface area contributed by atoms with Crippen LogP contribution in [0.25, 0.3) is 0 Å². The van der Waals surface area contributed by atoms with Gasteiger partial charge in [-0.15, -0.1) is 0 Å². The predicted molar refractivity (Wildman–Crippen MR) is 106 cm³/mol. The van der Waals surface area contributed by atoms with E-state index in [-0.39, 0.29) is 5.75 Å². The molecule has 2 heterocycles. The summed E-state index contributed by atoms with van der Waals surface area (Å²) >= 11 is 0.579. The number of benzene rings is 1. The summed E-state index contributed by atoms with van der Waals surface area (Å²) in [5.74, 6) is -0.806. The first-order valence-electron chi connectivity index (χ1n) is 9.25. The van der Waals surface area contributed by atoms with E-state index in [9.17, 15) is 8.78 Å². The standard InChI is InChI=1S/C20H27F2N3OS/c1-24-8-10-25(11-9-24)14-17-4-2-16(3-5-17)12-23-13-18-6-7-19(26-18)15-27-20(21)22/h2-7,20,23H,8-15H2,1H3. The number of piperazine rings is 1. The number of alkyl halides is 2. The minimum Gasteiger partial charge on any atom is -0.464 e. The zero-order valence-corrected chi connectivity index (χ0v) is 16.5. The van der Waals surface area contributed by atoms with E-state index in [2.05, 4.69) is 46.4 Å². The highest BCUT2D eigenvalue weighted by molar-refractivity contribution is 7.98. The molecule has 0 aliphatic carbocycles. The quantitative estimate of drug-likeness (QED) is 0.699. The van der Waals surface area contributed by atoms with Gasteiger partial charge in [-0.2, -0.15) is 8.78 Å². The van der Waals surface area contributed by atoms with Gasteiger partial charge in [0.25, 0.3) is 5.76 Å². The summed E-state index contributed by atoms with van der Waals surface area (Å²) in [7, 11) is 2.17.